The van der Waals surface area contributed by atoms with Crippen molar-refractivity contribution in [3.05, 3.63) is 0 Å². The van der Waals surface area contributed by atoms with Crippen LogP contribution in [0.2, 0.25) is 0 Å². The van der Waals surface area contributed by atoms with Crippen LogP contribution in [0.1, 0.15) is 33.1 Å². The first-order valence-corrected chi connectivity index (χ1v) is 8.72. The van der Waals surface area contributed by atoms with Gasteiger partial charge in [0.1, 0.15) is 18.1 Å². The minimum atomic E-state index is -1.45. The Morgan fingerprint density at radius 1 is 0.964 bits per heavy atom. The van der Waals surface area contributed by atoms with Crippen LogP contribution in [0.5, 0.6) is 0 Å². The van der Waals surface area contributed by atoms with Gasteiger partial charge in [-0.1, -0.05) is 20.3 Å². The number of aliphatic hydroxyl groups is 1. The number of aliphatic hydroxyl groups excluding tert-OH is 1. The summed E-state index contributed by atoms with van der Waals surface area (Å²) in [5.74, 6) is -5.38. The molecule has 3 amide bonds. The Kier molecular flexibility index (Phi) is 11.4. The van der Waals surface area contributed by atoms with Crippen LogP contribution >= 0.6 is 0 Å². The van der Waals surface area contributed by atoms with E-state index in [1.165, 1.54) is 0 Å². The Morgan fingerprint density at radius 3 is 2.00 bits per heavy atom. The zero-order chi connectivity index (χ0) is 21.9. The lowest BCUT2D eigenvalue weighted by atomic mass is 9.97. The van der Waals surface area contributed by atoms with E-state index < -0.39 is 73.3 Å². The molecule has 4 atom stereocenters. The maximum absolute atomic E-state index is 12.5. The van der Waals surface area contributed by atoms with Gasteiger partial charge in [0.25, 0.3) is 0 Å². The maximum Gasteiger partial charge on any atom is 0.326 e. The van der Waals surface area contributed by atoms with Crippen molar-refractivity contribution in [3.63, 3.8) is 0 Å². The Labute approximate surface area is 161 Å². The van der Waals surface area contributed by atoms with Crippen molar-refractivity contribution in [2.75, 3.05) is 13.2 Å². The molecule has 0 aliphatic carbocycles. The smallest absolute Gasteiger partial charge is 0.326 e. The summed E-state index contributed by atoms with van der Waals surface area (Å²) in [5, 5.41) is 33.9. The van der Waals surface area contributed by atoms with Crippen LogP contribution in [0.3, 0.4) is 0 Å². The number of aliphatic carboxylic acids is 2. The minimum absolute atomic E-state index is 0.330. The summed E-state index contributed by atoms with van der Waals surface area (Å²) in [6, 6.07) is -3.94. The molecule has 0 fully saturated rings. The van der Waals surface area contributed by atoms with Gasteiger partial charge in [-0.15, -0.1) is 0 Å². The van der Waals surface area contributed by atoms with Crippen LogP contribution in [-0.2, 0) is 24.0 Å². The summed E-state index contributed by atoms with van der Waals surface area (Å²) in [6.45, 7) is 2.26. The Hall–Kier alpha value is -2.73. The zero-order valence-electron chi connectivity index (χ0n) is 15.8. The van der Waals surface area contributed by atoms with Crippen molar-refractivity contribution in [1.29, 1.82) is 0 Å². The molecule has 0 aromatic heterocycles. The number of nitrogens with one attached hydrogen (secondary N) is 3. The Bertz CT molecular complexity index is 583. The van der Waals surface area contributed by atoms with Gasteiger partial charge in [-0.05, 0) is 12.3 Å². The summed E-state index contributed by atoms with van der Waals surface area (Å²) in [6.07, 6.45) is -0.344. The molecule has 0 saturated heterocycles. The van der Waals surface area contributed by atoms with E-state index in [4.69, 9.17) is 15.9 Å². The normalized spacial score (nSPS) is 14.9. The molecule has 12 nitrogen and oxygen atoms in total. The SMILES string of the molecule is CCC(C)C(NC(=O)C(CO)NC(=O)CN)C(=O)NC(CCC(=O)O)C(=O)O. The fourth-order valence-corrected chi connectivity index (χ4v) is 2.19. The monoisotopic (exact) mass is 404 g/mol. The first kappa shape index (κ1) is 25.3. The van der Waals surface area contributed by atoms with E-state index in [2.05, 4.69) is 16.0 Å². The van der Waals surface area contributed by atoms with E-state index in [1.807, 2.05) is 0 Å². The summed E-state index contributed by atoms with van der Waals surface area (Å²) in [7, 11) is 0. The molecular formula is C16H28N4O8. The fraction of sp³-hybridized carbons (Fsp3) is 0.688. The molecule has 0 aliphatic heterocycles. The van der Waals surface area contributed by atoms with Gasteiger partial charge in [0.2, 0.25) is 17.7 Å². The van der Waals surface area contributed by atoms with Crippen LogP contribution in [0.25, 0.3) is 0 Å². The van der Waals surface area contributed by atoms with Crippen LogP contribution in [0.4, 0.5) is 0 Å². The molecule has 0 aromatic rings. The van der Waals surface area contributed by atoms with Gasteiger partial charge in [0.05, 0.1) is 13.2 Å². The molecule has 0 spiro atoms. The topological polar surface area (TPSA) is 208 Å². The second-order valence-corrected chi connectivity index (χ2v) is 6.21. The van der Waals surface area contributed by atoms with E-state index in [0.29, 0.717) is 6.42 Å². The average Bonchev–Trinajstić information content (AvgIpc) is 2.65. The number of carbonyl (C=O) groups excluding carboxylic acids is 3. The second kappa shape index (κ2) is 12.6. The van der Waals surface area contributed by atoms with Crippen molar-refractivity contribution in [2.45, 2.75) is 51.2 Å². The molecule has 0 radical (unpaired) electrons. The van der Waals surface area contributed by atoms with Crippen molar-refractivity contribution < 1.29 is 39.3 Å². The molecule has 12 heteroatoms. The Balaban J connectivity index is 5.25. The molecule has 0 saturated carbocycles. The highest BCUT2D eigenvalue weighted by molar-refractivity contribution is 5.93. The number of hydrogen-bond donors (Lipinski definition) is 7. The Morgan fingerprint density at radius 2 is 1.57 bits per heavy atom. The molecule has 0 rings (SSSR count). The van der Waals surface area contributed by atoms with Crippen molar-refractivity contribution in [2.24, 2.45) is 11.7 Å². The lowest BCUT2D eigenvalue weighted by Gasteiger charge is -2.27. The number of nitrogens with two attached hydrogens (primary N) is 1. The minimum Gasteiger partial charge on any atom is -0.481 e. The lowest BCUT2D eigenvalue weighted by molar-refractivity contribution is -0.143. The van der Waals surface area contributed by atoms with Gasteiger partial charge in [-0.25, -0.2) is 4.79 Å². The first-order valence-electron chi connectivity index (χ1n) is 8.72. The third-order valence-corrected chi connectivity index (χ3v) is 4.07. The standard InChI is InChI=1S/C16H28N4O8/c1-3-8(2)13(20-14(25)10(7-21)18-11(22)6-17)15(26)19-9(16(27)28)4-5-12(23)24/h8-10,13,21H,3-7,17H2,1-2H3,(H,18,22)(H,19,26)(H,20,25)(H,23,24)(H,27,28). The van der Waals surface area contributed by atoms with Crippen molar-refractivity contribution in [3.8, 4) is 0 Å². The van der Waals surface area contributed by atoms with Crippen LogP contribution < -0.4 is 21.7 Å². The van der Waals surface area contributed by atoms with Gasteiger partial charge in [-0.3, -0.25) is 19.2 Å². The first-order chi connectivity index (χ1) is 13.1. The van der Waals surface area contributed by atoms with Gasteiger partial charge >= 0.3 is 11.9 Å². The number of rotatable bonds is 13. The molecule has 0 heterocycles. The summed E-state index contributed by atoms with van der Waals surface area (Å²) < 4.78 is 0. The second-order valence-electron chi connectivity index (χ2n) is 6.21. The lowest BCUT2D eigenvalue weighted by Crippen LogP contribution is -2.58. The molecule has 0 bridgehead atoms. The van der Waals surface area contributed by atoms with Gasteiger partial charge < -0.3 is 37.0 Å². The van der Waals surface area contributed by atoms with E-state index >= 15 is 0 Å². The summed E-state index contributed by atoms with van der Waals surface area (Å²) >= 11 is 0. The highest BCUT2D eigenvalue weighted by Gasteiger charge is 2.32. The maximum atomic E-state index is 12.5. The molecule has 28 heavy (non-hydrogen) atoms. The third kappa shape index (κ3) is 8.77. The molecule has 8 N–H and O–H groups in total. The van der Waals surface area contributed by atoms with E-state index in [0.717, 1.165) is 0 Å². The molecule has 0 aliphatic rings. The predicted octanol–water partition coefficient (Wildman–Crippen LogP) is -2.61. The number of hydrogen-bond acceptors (Lipinski definition) is 7. The number of carboxylic acids is 2. The van der Waals surface area contributed by atoms with Crippen molar-refractivity contribution >= 4 is 29.7 Å². The predicted molar refractivity (Wildman–Crippen MR) is 95.9 cm³/mol. The summed E-state index contributed by atoms with van der Waals surface area (Å²) in [5.41, 5.74) is 5.14. The molecular weight excluding hydrogens is 376 g/mol. The quantitative estimate of drug-likeness (QED) is 0.171. The zero-order valence-corrected chi connectivity index (χ0v) is 15.8. The number of carboxylic acid groups (broad SMARTS) is 2. The van der Waals surface area contributed by atoms with E-state index in [-0.39, 0.29) is 6.42 Å². The highest BCUT2D eigenvalue weighted by atomic mass is 16.4. The van der Waals surface area contributed by atoms with Crippen molar-refractivity contribution in [1.82, 2.24) is 16.0 Å². The van der Waals surface area contributed by atoms with Gasteiger partial charge in [0, 0.05) is 6.42 Å². The van der Waals surface area contributed by atoms with Crippen LogP contribution in [0.15, 0.2) is 0 Å². The molecule has 0 aromatic carbocycles. The molecule has 160 valence electrons. The van der Waals surface area contributed by atoms with E-state index in [9.17, 15) is 29.1 Å². The largest absolute Gasteiger partial charge is 0.481 e. The van der Waals surface area contributed by atoms with Gasteiger partial charge in [0.15, 0.2) is 0 Å². The van der Waals surface area contributed by atoms with Crippen LogP contribution in [-0.4, -0.2) is 76.3 Å². The van der Waals surface area contributed by atoms with Crippen LogP contribution in [0, 0.1) is 5.92 Å². The third-order valence-electron chi connectivity index (χ3n) is 4.07. The highest BCUT2D eigenvalue weighted by Crippen LogP contribution is 2.10. The van der Waals surface area contributed by atoms with E-state index in [1.54, 1.807) is 13.8 Å². The van der Waals surface area contributed by atoms with Gasteiger partial charge in [-0.2, -0.15) is 0 Å². The number of amides is 3. The summed E-state index contributed by atoms with van der Waals surface area (Å²) in [4.78, 5) is 58.0. The number of carbonyl (C=O) groups is 5. The average molecular weight is 404 g/mol. The molecule has 4 unspecified atom stereocenters. The fourth-order valence-electron chi connectivity index (χ4n) is 2.19.